The van der Waals surface area contributed by atoms with Crippen molar-refractivity contribution in [3.05, 3.63) is 41.8 Å². The molecule has 146 valence electrons. The van der Waals surface area contributed by atoms with Crippen LogP contribution in [0.3, 0.4) is 0 Å². The van der Waals surface area contributed by atoms with E-state index in [0.717, 1.165) is 11.8 Å². The van der Waals surface area contributed by atoms with Gasteiger partial charge in [-0.05, 0) is 37.3 Å². The number of nitrogens with zero attached hydrogens (tertiary/aromatic N) is 2. The van der Waals surface area contributed by atoms with Crippen LogP contribution in [0.4, 0.5) is 4.39 Å². The summed E-state index contributed by atoms with van der Waals surface area (Å²) in [4.78, 5) is 18.5. The molecular formula is C21H27FN2O3. The molecule has 1 aliphatic heterocycles. The Kier molecular flexibility index (Phi) is 5.77. The number of halogens is 1. The molecule has 6 heteroatoms. The zero-order valence-electron chi connectivity index (χ0n) is 15.9. The van der Waals surface area contributed by atoms with Crippen LogP contribution in [-0.4, -0.2) is 45.3 Å². The van der Waals surface area contributed by atoms with Crippen molar-refractivity contribution in [3.63, 3.8) is 0 Å². The number of para-hydroxylation sites is 1. The zero-order chi connectivity index (χ0) is 19.6. The molecule has 2 atom stereocenters. The summed E-state index contributed by atoms with van der Waals surface area (Å²) in [6.45, 7) is 5.40. The van der Waals surface area contributed by atoms with Crippen LogP contribution in [0.5, 0.6) is 0 Å². The third-order valence-electron chi connectivity index (χ3n) is 5.57. The number of aromatic nitrogens is 1. The van der Waals surface area contributed by atoms with E-state index in [-0.39, 0.29) is 12.4 Å². The second kappa shape index (κ2) is 7.90. The predicted octanol–water partition coefficient (Wildman–Crippen LogP) is 3.45. The number of likely N-dealkylation sites (tertiary alicyclic amines) is 1. The highest BCUT2D eigenvalue weighted by Gasteiger charge is 2.48. The van der Waals surface area contributed by atoms with E-state index in [1.165, 1.54) is 6.07 Å². The molecule has 3 rings (SSSR count). The first-order valence-corrected chi connectivity index (χ1v) is 9.50. The van der Waals surface area contributed by atoms with Crippen LogP contribution in [0, 0.1) is 17.2 Å². The van der Waals surface area contributed by atoms with Gasteiger partial charge in [0.15, 0.2) is 0 Å². The Morgan fingerprint density at radius 2 is 2.15 bits per heavy atom. The standard InChI is InChI=1S/C21H27FN2O3/c1-14(2)8-10-21(20(26)27)13-24(11-9-18(21)25)12-16-7-6-15-4-3-5-17(22)19(15)23-16/h3-7,14,18,25H,8-13H2,1-2H3,(H,26,27)/t18-,21+/m0/s1. The number of hydrogen-bond acceptors (Lipinski definition) is 4. The molecular weight excluding hydrogens is 347 g/mol. The summed E-state index contributed by atoms with van der Waals surface area (Å²) in [6, 6.07) is 8.54. The molecule has 1 aromatic carbocycles. The van der Waals surface area contributed by atoms with Crippen LogP contribution < -0.4 is 0 Å². The Morgan fingerprint density at radius 3 is 2.85 bits per heavy atom. The molecule has 0 amide bonds. The second-order valence-electron chi connectivity index (χ2n) is 8.02. The molecule has 27 heavy (non-hydrogen) atoms. The van der Waals surface area contributed by atoms with Crippen molar-refractivity contribution in [1.29, 1.82) is 0 Å². The molecule has 0 aliphatic carbocycles. The first kappa shape index (κ1) is 19.7. The molecule has 0 saturated carbocycles. The van der Waals surface area contributed by atoms with Crippen molar-refractivity contribution in [2.75, 3.05) is 13.1 Å². The van der Waals surface area contributed by atoms with Crippen LogP contribution in [0.1, 0.15) is 38.8 Å². The van der Waals surface area contributed by atoms with Gasteiger partial charge in [-0.3, -0.25) is 9.69 Å². The van der Waals surface area contributed by atoms with Crippen molar-refractivity contribution in [1.82, 2.24) is 9.88 Å². The fourth-order valence-corrected chi connectivity index (χ4v) is 3.88. The second-order valence-corrected chi connectivity index (χ2v) is 8.02. The highest BCUT2D eigenvalue weighted by molar-refractivity contribution is 5.79. The first-order chi connectivity index (χ1) is 12.8. The first-order valence-electron chi connectivity index (χ1n) is 9.50. The lowest BCUT2D eigenvalue weighted by Gasteiger charge is -2.43. The molecule has 1 fully saturated rings. The summed E-state index contributed by atoms with van der Waals surface area (Å²) in [5.41, 5.74) is -0.131. The molecule has 2 aromatic rings. The van der Waals surface area contributed by atoms with Crippen LogP contribution in [-0.2, 0) is 11.3 Å². The summed E-state index contributed by atoms with van der Waals surface area (Å²) >= 11 is 0. The maximum atomic E-state index is 14.0. The fourth-order valence-electron chi connectivity index (χ4n) is 3.88. The van der Waals surface area contributed by atoms with E-state index in [0.29, 0.717) is 43.1 Å². The average molecular weight is 374 g/mol. The number of benzene rings is 1. The number of aliphatic carboxylic acids is 1. The molecule has 2 heterocycles. The number of rotatable bonds is 6. The van der Waals surface area contributed by atoms with E-state index in [9.17, 15) is 19.4 Å². The lowest BCUT2D eigenvalue weighted by molar-refractivity contribution is -0.165. The van der Waals surface area contributed by atoms with E-state index in [4.69, 9.17) is 0 Å². The largest absolute Gasteiger partial charge is 0.481 e. The number of carboxylic acid groups (broad SMARTS) is 1. The van der Waals surface area contributed by atoms with Crippen LogP contribution in [0.2, 0.25) is 0 Å². The number of fused-ring (bicyclic) bond motifs is 1. The van der Waals surface area contributed by atoms with E-state index in [1.54, 1.807) is 6.07 Å². The molecule has 0 unspecified atom stereocenters. The average Bonchev–Trinajstić information content (AvgIpc) is 2.62. The number of aliphatic hydroxyl groups excluding tert-OH is 1. The lowest BCUT2D eigenvalue weighted by atomic mass is 9.72. The normalized spacial score (nSPS) is 23.8. The summed E-state index contributed by atoms with van der Waals surface area (Å²) in [6.07, 6.45) is 0.743. The number of aliphatic hydroxyl groups is 1. The molecule has 1 aromatic heterocycles. The zero-order valence-corrected chi connectivity index (χ0v) is 15.9. The Morgan fingerprint density at radius 1 is 1.37 bits per heavy atom. The van der Waals surface area contributed by atoms with Gasteiger partial charge in [-0.25, -0.2) is 9.37 Å². The van der Waals surface area contributed by atoms with Gasteiger partial charge in [0, 0.05) is 25.0 Å². The number of pyridine rings is 1. The van der Waals surface area contributed by atoms with Gasteiger partial charge in [-0.15, -0.1) is 0 Å². The molecule has 1 aliphatic rings. The molecule has 0 spiro atoms. The van der Waals surface area contributed by atoms with Crippen LogP contribution >= 0.6 is 0 Å². The minimum Gasteiger partial charge on any atom is -0.481 e. The third-order valence-corrected chi connectivity index (χ3v) is 5.57. The van der Waals surface area contributed by atoms with Gasteiger partial charge < -0.3 is 10.2 Å². The summed E-state index contributed by atoms with van der Waals surface area (Å²) in [7, 11) is 0. The Labute approximate surface area is 158 Å². The quantitative estimate of drug-likeness (QED) is 0.810. The van der Waals surface area contributed by atoms with E-state index < -0.39 is 17.5 Å². The SMILES string of the molecule is CC(C)CC[C@@]1(C(=O)O)CN(Cc2ccc3cccc(F)c3n2)CC[C@@H]1O. The fraction of sp³-hybridized carbons (Fsp3) is 0.524. The Hall–Kier alpha value is -2.05. The van der Waals surface area contributed by atoms with Gasteiger partial charge in [0.25, 0.3) is 0 Å². The van der Waals surface area contributed by atoms with Crippen molar-refractivity contribution in [3.8, 4) is 0 Å². The molecule has 0 radical (unpaired) electrons. The van der Waals surface area contributed by atoms with Gasteiger partial charge in [-0.2, -0.15) is 0 Å². The highest BCUT2D eigenvalue weighted by Crippen LogP contribution is 2.37. The van der Waals surface area contributed by atoms with Crippen molar-refractivity contribution in [2.45, 2.75) is 45.8 Å². The molecule has 1 saturated heterocycles. The number of hydrogen-bond donors (Lipinski definition) is 2. The Balaban J connectivity index is 1.81. The highest BCUT2D eigenvalue weighted by atomic mass is 19.1. The summed E-state index contributed by atoms with van der Waals surface area (Å²) in [5.74, 6) is -0.938. The van der Waals surface area contributed by atoms with E-state index >= 15 is 0 Å². The predicted molar refractivity (Wildman–Crippen MR) is 102 cm³/mol. The topological polar surface area (TPSA) is 73.7 Å². The number of carbonyl (C=O) groups is 1. The van der Waals surface area contributed by atoms with Crippen molar-refractivity contribution < 1.29 is 19.4 Å². The smallest absolute Gasteiger partial charge is 0.313 e. The molecule has 0 bridgehead atoms. The van der Waals surface area contributed by atoms with Gasteiger partial charge in [0.1, 0.15) is 16.7 Å². The molecule has 2 N–H and O–H groups in total. The molecule has 5 nitrogen and oxygen atoms in total. The van der Waals surface area contributed by atoms with E-state index in [1.807, 2.05) is 23.1 Å². The lowest BCUT2D eigenvalue weighted by Crippen LogP contribution is -2.55. The van der Waals surface area contributed by atoms with Crippen LogP contribution in [0.25, 0.3) is 10.9 Å². The summed E-state index contributed by atoms with van der Waals surface area (Å²) in [5, 5.41) is 21.1. The number of carboxylic acids is 1. The van der Waals surface area contributed by atoms with Crippen molar-refractivity contribution >= 4 is 16.9 Å². The maximum absolute atomic E-state index is 14.0. The number of piperidine rings is 1. The maximum Gasteiger partial charge on any atom is 0.313 e. The van der Waals surface area contributed by atoms with E-state index in [2.05, 4.69) is 18.8 Å². The van der Waals surface area contributed by atoms with Gasteiger partial charge >= 0.3 is 5.97 Å². The van der Waals surface area contributed by atoms with Gasteiger partial charge in [0.05, 0.1) is 11.8 Å². The van der Waals surface area contributed by atoms with Gasteiger partial charge in [0.2, 0.25) is 0 Å². The van der Waals surface area contributed by atoms with Crippen LogP contribution in [0.15, 0.2) is 30.3 Å². The van der Waals surface area contributed by atoms with Gasteiger partial charge in [-0.1, -0.05) is 32.0 Å². The minimum absolute atomic E-state index is 0.271. The Bertz CT molecular complexity index is 826. The summed E-state index contributed by atoms with van der Waals surface area (Å²) < 4.78 is 14.0. The minimum atomic E-state index is -1.16. The third kappa shape index (κ3) is 4.12. The van der Waals surface area contributed by atoms with Crippen molar-refractivity contribution in [2.24, 2.45) is 11.3 Å². The monoisotopic (exact) mass is 374 g/mol.